The van der Waals surface area contributed by atoms with Crippen molar-refractivity contribution in [2.75, 3.05) is 0 Å². The fraction of sp³-hybridized carbons (Fsp3) is 0.0435. The molecule has 0 aliphatic carbocycles. The van der Waals surface area contributed by atoms with Crippen molar-refractivity contribution >= 4 is 10.8 Å². The highest BCUT2D eigenvalue weighted by atomic mass is 16.5. The lowest BCUT2D eigenvalue weighted by atomic mass is 10.1. The minimum absolute atomic E-state index is 0.108. The quantitative estimate of drug-likeness (QED) is 0.489. The standard InChI is InChI=1S/C23H18O3/c24-23-20-14-8-7-13-19(20)21(25-16-17-9-3-1-4-10-17)15-22(23)26-18-11-5-2-6-12-18/h1-15,24H,16H2. The Hall–Kier alpha value is -3.46. The zero-order chi connectivity index (χ0) is 17.8. The van der Waals surface area contributed by atoms with Crippen LogP contribution in [0.1, 0.15) is 5.56 Å². The second kappa shape index (κ2) is 7.19. The van der Waals surface area contributed by atoms with E-state index >= 15 is 0 Å². The molecule has 0 fully saturated rings. The number of fused-ring (bicyclic) bond motifs is 1. The first-order chi connectivity index (χ1) is 12.8. The van der Waals surface area contributed by atoms with Gasteiger partial charge in [-0.1, -0.05) is 72.8 Å². The first-order valence-electron chi connectivity index (χ1n) is 8.45. The maximum atomic E-state index is 10.6. The van der Waals surface area contributed by atoms with Gasteiger partial charge in [0.05, 0.1) is 0 Å². The molecule has 0 aliphatic heterocycles. The van der Waals surface area contributed by atoms with Crippen molar-refractivity contribution in [3.8, 4) is 23.0 Å². The van der Waals surface area contributed by atoms with E-state index in [1.807, 2.05) is 84.9 Å². The third-order valence-corrected chi connectivity index (χ3v) is 4.15. The van der Waals surface area contributed by atoms with E-state index in [4.69, 9.17) is 9.47 Å². The molecule has 0 saturated carbocycles. The number of hydrogen-bond acceptors (Lipinski definition) is 3. The number of para-hydroxylation sites is 1. The SMILES string of the molecule is Oc1c(Oc2ccccc2)cc(OCc2ccccc2)c2ccccc12. The number of phenols is 1. The van der Waals surface area contributed by atoms with E-state index in [0.29, 0.717) is 29.2 Å². The summed E-state index contributed by atoms with van der Waals surface area (Å²) in [6, 6.07) is 28.7. The van der Waals surface area contributed by atoms with E-state index in [-0.39, 0.29) is 5.75 Å². The topological polar surface area (TPSA) is 38.7 Å². The maximum Gasteiger partial charge on any atom is 0.173 e. The van der Waals surface area contributed by atoms with Gasteiger partial charge in [-0.25, -0.2) is 0 Å². The van der Waals surface area contributed by atoms with Gasteiger partial charge in [0.1, 0.15) is 18.1 Å². The van der Waals surface area contributed by atoms with Gasteiger partial charge < -0.3 is 14.6 Å². The van der Waals surface area contributed by atoms with E-state index in [1.165, 1.54) is 0 Å². The molecular weight excluding hydrogens is 324 g/mol. The highest BCUT2D eigenvalue weighted by Gasteiger charge is 2.14. The second-order valence-corrected chi connectivity index (χ2v) is 5.96. The average Bonchev–Trinajstić information content (AvgIpc) is 2.71. The fourth-order valence-corrected chi connectivity index (χ4v) is 2.85. The molecule has 0 aromatic heterocycles. The Morgan fingerprint density at radius 1 is 0.654 bits per heavy atom. The molecule has 0 saturated heterocycles. The van der Waals surface area contributed by atoms with Crippen LogP contribution in [-0.4, -0.2) is 5.11 Å². The molecule has 0 unspecified atom stereocenters. The minimum atomic E-state index is 0.108. The molecule has 4 aromatic rings. The van der Waals surface area contributed by atoms with Gasteiger partial charge in [-0.15, -0.1) is 0 Å². The summed E-state index contributed by atoms with van der Waals surface area (Å²) in [4.78, 5) is 0. The third-order valence-electron chi connectivity index (χ3n) is 4.15. The number of rotatable bonds is 5. The summed E-state index contributed by atoms with van der Waals surface area (Å²) < 4.78 is 11.9. The van der Waals surface area contributed by atoms with Crippen LogP contribution in [0.3, 0.4) is 0 Å². The molecule has 0 atom stereocenters. The van der Waals surface area contributed by atoms with Crippen molar-refractivity contribution in [3.63, 3.8) is 0 Å². The van der Waals surface area contributed by atoms with Crippen LogP contribution < -0.4 is 9.47 Å². The molecule has 0 aliphatic rings. The van der Waals surface area contributed by atoms with Gasteiger partial charge in [-0.2, -0.15) is 0 Å². The van der Waals surface area contributed by atoms with E-state index in [2.05, 4.69) is 0 Å². The summed E-state index contributed by atoms with van der Waals surface area (Å²) in [5, 5.41) is 12.2. The normalized spacial score (nSPS) is 10.6. The van der Waals surface area contributed by atoms with Crippen LogP contribution in [0.5, 0.6) is 23.0 Å². The predicted octanol–water partition coefficient (Wildman–Crippen LogP) is 5.92. The van der Waals surface area contributed by atoms with Gasteiger partial charge in [-0.3, -0.25) is 0 Å². The Morgan fingerprint density at radius 3 is 2.00 bits per heavy atom. The van der Waals surface area contributed by atoms with E-state index in [0.717, 1.165) is 10.9 Å². The van der Waals surface area contributed by atoms with E-state index < -0.39 is 0 Å². The first-order valence-corrected chi connectivity index (χ1v) is 8.45. The van der Waals surface area contributed by atoms with Crippen molar-refractivity contribution in [1.29, 1.82) is 0 Å². The zero-order valence-corrected chi connectivity index (χ0v) is 14.1. The maximum absolute atomic E-state index is 10.6. The monoisotopic (exact) mass is 342 g/mol. The van der Waals surface area contributed by atoms with Gasteiger partial charge >= 0.3 is 0 Å². The highest BCUT2D eigenvalue weighted by Crippen LogP contribution is 2.42. The molecule has 0 amide bonds. The van der Waals surface area contributed by atoms with Crippen molar-refractivity contribution in [3.05, 3.63) is 96.6 Å². The van der Waals surface area contributed by atoms with Crippen LogP contribution in [-0.2, 0) is 6.61 Å². The Morgan fingerprint density at radius 2 is 1.27 bits per heavy atom. The van der Waals surface area contributed by atoms with Crippen LogP contribution >= 0.6 is 0 Å². The number of ether oxygens (including phenoxy) is 2. The number of aromatic hydroxyl groups is 1. The van der Waals surface area contributed by atoms with Crippen molar-refractivity contribution in [1.82, 2.24) is 0 Å². The lowest BCUT2D eigenvalue weighted by Gasteiger charge is -2.15. The van der Waals surface area contributed by atoms with Crippen LogP contribution in [0.4, 0.5) is 0 Å². The summed E-state index contributed by atoms with van der Waals surface area (Å²) >= 11 is 0. The van der Waals surface area contributed by atoms with Gasteiger partial charge in [0.15, 0.2) is 11.5 Å². The third kappa shape index (κ3) is 3.33. The summed E-state index contributed by atoms with van der Waals surface area (Å²) in [7, 11) is 0. The molecule has 128 valence electrons. The molecule has 4 aromatic carbocycles. The molecule has 0 bridgehead atoms. The molecule has 0 spiro atoms. The predicted molar refractivity (Wildman–Crippen MR) is 103 cm³/mol. The van der Waals surface area contributed by atoms with Gasteiger partial charge in [-0.05, 0) is 17.7 Å². The number of phenolic OH excluding ortho intramolecular Hbond substituents is 1. The summed E-state index contributed by atoms with van der Waals surface area (Å²) in [5.41, 5.74) is 1.08. The van der Waals surface area contributed by atoms with E-state index in [1.54, 1.807) is 6.07 Å². The molecule has 4 rings (SSSR count). The second-order valence-electron chi connectivity index (χ2n) is 5.96. The summed E-state index contributed by atoms with van der Waals surface area (Å²) in [5.74, 6) is 1.81. The van der Waals surface area contributed by atoms with Crippen molar-refractivity contribution < 1.29 is 14.6 Å². The lowest BCUT2D eigenvalue weighted by molar-refractivity contribution is 0.307. The number of hydrogen-bond donors (Lipinski definition) is 1. The highest BCUT2D eigenvalue weighted by molar-refractivity contribution is 5.95. The molecule has 1 N–H and O–H groups in total. The zero-order valence-electron chi connectivity index (χ0n) is 14.1. The Labute approximate surface area is 152 Å². The Balaban J connectivity index is 1.72. The molecule has 3 heteroatoms. The smallest absolute Gasteiger partial charge is 0.173 e. The van der Waals surface area contributed by atoms with Gasteiger partial charge in [0, 0.05) is 16.8 Å². The largest absolute Gasteiger partial charge is 0.504 e. The molecule has 26 heavy (non-hydrogen) atoms. The van der Waals surface area contributed by atoms with Crippen LogP contribution in [0, 0.1) is 0 Å². The first kappa shape index (κ1) is 16.0. The summed E-state index contributed by atoms with van der Waals surface area (Å²) in [6.07, 6.45) is 0. The Kier molecular flexibility index (Phi) is 4.44. The fourth-order valence-electron chi connectivity index (χ4n) is 2.85. The van der Waals surface area contributed by atoms with E-state index in [9.17, 15) is 5.11 Å². The average molecular weight is 342 g/mol. The van der Waals surface area contributed by atoms with Gasteiger partial charge in [0.25, 0.3) is 0 Å². The molecule has 0 heterocycles. The summed E-state index contributed by atoms with van der Waals surface area (Å²) in [6.45, 7) is 0.445. The van der Waals surface area contributed by atoms with Crippen molar-refractivity contribution in [2.24, 2.45) is 0 Å². The Bertz CT molecular complexity index is 1010. The van der Waals surface area contributed by atoms with Gasteiger partial charge in [0.2, 0.25) is 0 Å². The lowest BCUT2D eigenvalue weighted by Crippen LogP contribution is -1.97. The van der Waals surface area contributed by atoms with Crippen LogP contribution in [0.15, 0.2) is 91.0 Å². The molecular formula is C23H18O3. The number of benzene rings is 4. The molecule has 3 nitrogen and oxygen atoms in total. The van der Waals surface area contributed by atoms with Crippen molar-refractivity contribution in [2.45, 2.75) is 6.61 Å². The minimum Gasteiger partial charge on any atom is -0.504 e. The van der Waals surface area contributed by atoms with Crippen LogP contribution in [0.2, 0.25) is 0 Å². The molecule has 0 radical (unpaired) electrons. The van der Waals surface area contributed by atoms with Crippen LogP contribution in [0.25, 0.3) is 10.8 Å².